The Kier molecular flexibility index (Phi) is 5.36. The maximum Gasteiger partial charge on any atom is 0.246 e. The van der Waals surface area contributed by atoms with Gasteiger partial charge >= 0.3 is 0 Å². The van der Waals surface area contributed by atoms with Crippen LogP contribution in [0.2, 0.25) is 10.0 Å². The molecule has 2 heterocycles. The summed E-state index contributed by atoms with van der Waals surface area (Å²) < 4.78 is 20.3. The zero-order valence-electron chi connectivity index (χ0n) is 16.0. The first kappa shape index (κ1) is 20.5. The van der Waals surface area contributed by atoms with Gasteiger partial charge in [-0.2, -0.15) is 0 Å². The highest BCUT2D eigenvalue weighted by Gasteiger charge is 2.46. The number of rotatable bonds is 5. The van der Waals surface area contributed by atoms with Crippen molar-refractivity contribution in [3.8, 4) is 0 Å². The van der Waals surface area contributed by atoms with Gasteiger partial charge in [0.05, 0.1) is 34.3 Å². The van der Waals surface area contributed by atoms with Crippen LogP contribution in [0.15, 0.2) is 49.3 Å². The van der Waals surface area contributed by atoms with Crippen LogP contribution in [0.5, 0.6) is 0 Å². The number of nitrogens with zero attached hydrogens (tertiary/aromatic N) is 3. The first-order chi connectivity index (χ1) is 14.4. The Labute approximate surface area is 182 Å². The lowest BCUT2D eigenvalue weighted by Crippen LogP contribution is -2.61. The van der Waals surface area contributed by atoms with Gasteiger partial charge in [0.1, 0.15) is 17.7 Å². The molecule has 1 aliphatic rings. The summed E-state index contributed by atoms with van der Waals surface area (Å²) in [4.78, 5) is 22.0. The van der Waals surface area contributed by atoms with Crippen molar-refractivity contribution in [2.24, 2.45) is 0 Å². The Hall–Kier alpha value is -2.74. The van der Waals surface area contributed by atoms with Gasteiger partial charge in [0, 0.05) is 12.5 Å². The van der Waals surface area contributed by atoms with E-state index >= 15 is 0 Å². The van der Waals surface area contributed by atoms with Crippen LogP contribution in [0.1, 0.15) is 5.56 Å². The van der Waals surface area contributed by atoms with Crippen LogP contribution in [0.25, 0.3) is 10.9 Å². The molecule has 0 atom stereocenters. The molecule has 4 rings (SSSR count). The average Bonchev–Trinajstić information content (AvgIpc) is 2.73. The van der Waals surface area contributed by atoms with E-state index < -0.39 is 11.4 Å². The number of ether oxygens (including phenoxy) is 1. The largest absolute Gasteiger partial charge is 0.370 e. The SMILES string of the molecule is C=CC(=O)N1CC(OC)(c2ccc3ncnc(Nc4ccc(Cl)c(Cl)c4F)c3c2)C1. The smallest absolute Gasteiger partial charge is 0.246 e. The highest BCUT2D eigenvalue weighted by Crippen LogP contribution is 2.38. The number of likely N-dealkylation sites (tertiary alicyclic amines) is 1. The van der Waals surface area contributed by atoms with Crippen molar-refractivity contribution < 1.29 is 13.9 Å². The first-order valence-corrected chi connectivity index (χ1v) is 9.76. The minimum absolute atomic E-state index is 0.125. The van der Waals surface area contributed by atoms with Gasteiger partial charge in [0.25, 0.3) is 0 Å². The maximum atomic E-state index is 14.5. The molecule has 1 saturated heterocycles. The third-order valence-electron chi connectivity index (χ3n) is 5.22. The second kappa shape index (κ2) is 7.83. The van der Waals surface area contributed by atoms with E-state index in [2.05, 4.69) is 21.9 Å². The number of nitrogens with one attached hydrogen (secondary N) is 1. The number of methoxy groups -OCH3 is 1. The number of halogens is 3. The molecule has 1 aromatic heterocycles. The van der Waals surface area contributed by atoms with Crippen molar-refractivity contribution in [2.75, 3.05) is 25.5 Å². The molecule has 154 valence electrons. The standard InChI is InChI=1S/C21H17Cl2FN4O2/c1-3-17(29)28-9-21(10-28,30-2)12-4-6-15-13(8-12)20(26-11-25-15)27-16-7-5-14(22)18(23)19(16)24/h3-8,11H,1,9-10H2,2H3,(H,25,26,27). The molecule has 1 amide bonds. The van der Waals surface area contributed by atoms with Gasteiger partial charge in [-0.15, -0.1) is 0 Å². The minimum atomic E-state index is -0.669. The van der Waals surface area contributed by atoms with Crippen LogP contribution in [-0.4, -0.2) is 41.0 Å². The number of carbonyl (C=O) groups excluding carboxylic acids is 1. The molecule has 1 fully saturated rings. The Bertz CT molecular complexity index is 1170. The lowest BCUT2D eigenvalue weighted by atomic mass is 9.85. The van der Waals surface area contributed by atoms with E-state index in [4.69, 9.17) is 27.9 Å². The number of aromatic nitrogens is 2. The normalized spacial score (nSPS) is 15.0. The van der Waals surface area contributed by atoms with E-state index in [-0.39, 0.29) is 21.6 Å². The third kappa shape index (κ3) is 3.39. The lowest BCUT2D eigenvalue weighted by molar-refractivity contribution is -0.159. The molecule has 1 aliphatic heterocycles. The number of benzene rings is 2. The van der Waals surface area contributed by atoms with Crippen molar-refractivity contribution in [3.63, 3.8) is 0 Å². The molecule has 9 heteroatoms. The van der Waals surface area contributed by atoms with Crippen LogP contribution in [0.3, 0.4) is 0 Å². The summed E-state index contributed by atoms with van der Waals surface area (Å²) >= 11 is 11.8. The number of anilines is 2. The van der Waals surface area contributed by atoms with Crippen LogP contribution >= 0.6 is 23.2 Å². The zero-order chi connectivity index (χ0) is 21.5. The number of hydrogen-bond acceptors (Lipinski definition) is 5. The van der Waals surface area contributed by atoms with Crippen molar-refractivity contribution in [1.29, 1.82) is 0 Å². The molecule has 0 radical (unpaired) electrons. The monoisotopic (exact) mass is 446 g/mol. The highest BCUT2D eigenvalue weighted by molar-refractivity contribution is 6.42. The third-order valence-corrected chi connectivity index (χ3v) is 6.00. The van der Waals surface area contributed by atoms with Gasteiger partial charge in [-0.05, 0) is 35.9 Å². The van der Waals surface area contributed by atoms with Crippen molar-refractivity contribution in [1.82, 2.24) is 14.9 Å². The Morgan fingerprint density at radius 3 is 2.77 bits per heavy atom. The van der Waals surface area contributed by atoms with Crippen LogP contribution in [0.4, 0.5) is 15.9 Å². The summed E-state index contributed by atoms with van der Waals surface area (Å²) in [5, 5.41) is 3.59. The van der Waals surface area contributed by atoms with Gasteiger partial charge in [0.15, 0.2) is 5.82 Å². The molecule has 1 N–H and O–H groups in total. The van der Waals surface area contributed by atoms with Gasteiger partial charge in [-0.1, -0.05) is 35.8 Å². The second-order valence-electron chi connectivity index (χ2n) is 6.90. The molecule has 0 bridgehead atoms. The fraction of sp³-hybridized carbons (Fsp3) is 0.190. The van der Waals surface area contributed by atoms with Gasteiger partial charge < -0.3 is 15.0 Å². The maximum absolute atomic E-state index is 14.5. The molecular weight excluding hydrogens is 430 g/mol. The number of carbonyl (C=O) groups is 1. The summed E-state index contributed by atoms with van der Waals surface area (Å²) in [6.07, 6.45) is 2.67. The van der Waals surface area contributed by atoms with Crippen molar-refractivity contribution >= 4 is 51.5 Å². The molecule has 3 aromatic rings. The van der Waals surface area contributed by atoms with Crippen molar-refractivity contribution in [3.05, 3.63) is 70.7 Å². The lowest BCUT2D eigenvalue weighted by Gasteiger charge is -2.49. The fourth-order valence-electron chi connectivity index (χ4n) is 3.47. The first-order valence-electron chi connectivity index (χ1n) is 9.01. The molecule has 0 spiro atoms. The van der Waals surface area contributed by atoms with Gasteiger partial charge in [0.2, 0.25) is 5.91 Å². The number of fused-ring (bicyclic) bond motifs is 1. The quantitative estimate of drug-likeness (QED) is 0.454. The molecular formula is C21H17Cl2FN4O2. The summed E-state index contributed by atoms with van der Waals surface area (Å²) in [7, 11) is 1.60. The summed E-state index contributed by atoms with van der Waals surface area (Å²) in [5.74, 6) is -0.411. The van der Waals surface area contributed by atoms with E-state index in [0.717, 1.165) is 5.56 Å². The van der Waals surface area contributed by atoms with Crippen LogP contribution in [-0.2, 0) is 15.1 Å². The van der Waals surface area contributed by atoms with Gasteiger partial charge in [-0.3, -0.25) is 4.79 Å². The average molecular weight is 447 g/mol. The van der Waals surface area contributed by atoms with E-state index in [1.165, 1.54) is 24.5 Å². The fourth-order valence-corrected chi connectivity index (χ4v) is 3.79. The van der Waals surface area contributed by atoms with E-state index in [9.17, 15) is 9.18 Å². The predicted octanol–water partition coefficient (Wildman–Crippen LogP) is 4.69. The molecule has 6 nitrogen and oxygen atoms in total. The predicted molar refractivity (Wildman–Crippen MR) is 115 cm³/mol. The Morgan fingerprint density at radius 1 is 1.30 bits per heavy atom. The minimum Gasteiger partial charge on any atom is -0.370 e. The van der Waals surface area contributed by atoms with E-state index in [1.807, 2.05) is 18.2 Å². The summed E-state index contributed by atoms with van der Waals surface area (Å²) in [5.41, 5.74) is 1.02. The highest BCUT2D eigenvalue weighted by atomic mass is 35.5. The Balaban J connectivity index is 1.72. The molecule has 0 aliphatic carbocycles. The Morgan fingerprint density at radius 2 is 2.07 bits per heavy atom. The zero-order valence-corrected chi connectivity index (χ0v) is 17.5. The summed E-state index contributed by atoms with van der Waals surface area (Å²) in [6, 6.07) is 8.61. The molecule has 0 saturated carbocycles. The summed E-state index contributed by atoms with van der Waals surface area (Å²) in [6.45, 7) is 4.32. The molecule has 0 unspecified atom stereocenters. The van der Waals surface area contributed by atoms with Crippen LogP contribution in [0, 0.1) is 5.82 Å². The second-order valence-corrected chi connectivity index (χ2v) is 7.68. The topological polar surface area (TPSA) is 67.4 Å². The van der Waals surface area contributed by atoms with Crippen LogP contribution < -0.4 is 5.32 Å². The van der Waals surface area contributed by atoms with Gasteiger partial charge in [-0.25, -0.2) is 14.4 Å². The van der Waals surface area contributed by atoms with Crippen molar-refractivity contribution in [2.45, 2.75) is 5.60 Å². The molecule has 2 aromatic carbocycles. The van der Waals surface area contributed by atoms with E-state index in [0.29, 0.717) is 29.8 Å². The molecule has 30 heavy (non-hydrogen) atoms. The number of amides is 1. The number of hydrogen-bond donors (Lipinski definition) is 1. The van der Waals surface area contributed by atoms with E-state index in [1.54, 1.807) is 12.0 Å².